The normalized spacial score (nSPS) is 10.8. The number of pyridine rings is 1. The van der Waals surface area contributed by atoms with Crippen molar-refractivity contribution in [2.45, 2.75) is 13.0 Å². The molecule has 2 rings (SSSR count). The van der Waals surface area contributed by atoms with Gasteiger partial charge in [0.25, 0.3) is 0 Å². The first-order valence-electron chi connectivity index (χ1n) is 9.32. The molecule has 0 aliphatic carbocycles. The van der Waals surface area contributed by atoms with E-state index in [2.05, 4.69) is 55.4 Å². The predicted octanol–water partition coefficient (Wildman–Crippen LogP) is 4.57. The standard InChI is InChI=1S/C20H26BrCl2N5S/c1-27(2)10-3-8-24-20(29)25-9-11-28(19-7-5-16(21)13-26-19)14-15-4-6-17(22)18(23)12-15/h4-7,12-13H,3,8-11,14H2,1-2H3,(H2,24,25,29). The molecule has 1 aromatic heterocycles. The van der Waals surface area contributed by atoms with Gasteiger partial charge in [-0.05, 0) is 85.0 Å². The first-order valence-corrected chi connectivity index (χ1v) is 11.3. The molecule has 0 unspecified atom stereocenters. The van der Waals surface area contributed by atoms with Gasteiger partial charge >= 0.3 is 0 Å². The number of nitrogens with zero attached hydrogens (tertiary/aromatic N) is 3. The van der Waals surface area contributed by atoms with Crippen molar-refractivity contribution >= 4 is 62.3 Å². The second-order valence-corrected chi connectivity index (χ2v) is 8.98. The van der Waals surface area contributed by atoms with Crippen LogP contribution in [0.3, 0.4) is 0 Å². The summed E-state index contributed by atoms with van der Waals surface area (Å²) in [5, 5.41) is 8.28. The van der Waals surface area contributed by atoms with Crippen molar-refractivity contribution in [1.82, 2.24) is 20.5 Å². The molecule has 0 saturated heterocycles. The topological polar surface area (TPSA) is 43.4 Å². The maximum atomic E-state index is 6.18. The zero-order chi connectivity index (χ0) is 21.2. The quantitative estimate of drug-likeness (QED) is 0.354. The van der Waals surface area contributed by atoms with Crippen LogP contribution >= 0.6 is 51.3 Å². The third-order valence-electron chi connectivity index (χ3n) is 4.13. The second-order valence-electron chi connectivity index (χ2n) is 6.84. The Balaban J connectivity index is 1.92. The molecule has 0 spiro atoms. The highest BCUT2D eigenvalue weighted by Gasteiger charge is 2.10. The number of aromatic nitrogens is 1. The maximum Gasteiger partial charge on any atom is 0.166 e. The van der Waals surface area contributed by atoms with Gasteiger partial charge < -0.3 is 20.4 Å². The van der Waals surface area contributed by atoms with E-state index in [1.54, 1.807) is 6.20 Å². The van der Waals surface area contributed by atoms with Crippen LogP contribution in [0.2, 0.25) is 10.0 Å². The van der Waals surface area contributed by atoms with Crippen LogP contribution in [0.25, 0.3) is 0 Å². The predicted molar refractivity (Wildman–Crippen MR) is 131 cm³/mol. The van der Waals surface area contributed by atoms with Crippen molar-refractivity contribution in [2.75, 3.05) is 45.2 Å². The van der Waals surface area contributed by atoms with Crippen molar-refractivity contribution in [3.63, 3.8) is 0 Å². The first-order chi connectivity index (χ1) is 13.8. The van der Waals surface area contributed by atoms with E-state index in [4.69, 9.17) is 35.4 Å². The molecule has 0 aliphatic heterocycles. The Labute approximate surface area is 196 Å². The summed E-state index contributed by atoms with van der Waals surface area (Å²) in [6, 6.07) is 9.65. The van der Waals surface area contributed by atoms with Crippen molar-refractivity contribution < 1.29 is 0 Å². The highest BCUT2D eigenvalue weighted by atomic mass is 79.9. The van der Waals surface area contributed by atoms with Crippen LogP contribution in [0, 0.1) is 0 Å². The van der Waals surface area contributed by atoms with Gasteiger partial charge in [0, 0.05) is 36.8 Å². The van der Waals surface area contributed by atoms with E-state index in [1.165, 1.54) is 0 Å². The molecule has 158 valence electrons. The van der Waals surface area contributed by atoms with Gasteiger partial charge in [-0.15, -0.1) is 0 Å². The summed E-state index contributed by atoms with van der Waals surface area (Å²) in [6.45, 7) is 3.97. The Morgan fingerprint density at radius 2 is 1.83 bits per heavy atom. The Kier molecular flexibility index (Phi) is 10.4. The van der Waals surface area contributed by atoms with Crippen LogP contribution < -0.4 is 15.5 Å². The lowest BCUT2D eigenvalue weighted by Gasteiger charge is -2.25. The average molecular weight is 519 g/mol. The van der Waals surface area contributed by atoms with Gasteiger partial charge in [0.2, 0.25) is 0 Å². The number of halogens is 3. The Morgan fingerprint density at radius 1 is 1.07 bits per heavy atom. The molecule has 0 atom stereocenters. The Hall–Kier alpha value is -1.12. The van der Waals surface area contributed by atoms with Crippen LogP contribution in [-0.4, -0.2) is 55.3 Å². The highest BCUT2D eigenvalue weighted by molar-refractivity contribution is 9.10. The molecule has 1 heterocycles. The highest BCUT2D eigenvalue weighted by Crippen LogP contribution is 2.24. The van der Waals surface area contributed by atoms with Crippen LogP contribution in [0.4, 0.5) is 5.82 Å². The number of nitrogens with one attached hydrogen (secondary N) is 2. The molecule has 0 bridgehead atoms. The van der Waals surface area contributed by atoms with Gasteiger partial charge in [-0.3, -0.25) is 0 Å². The van der Waals surface area contributed by atoms with E-state index < -0.39 is 0 Å². The molecule has 0 aliphatic rings. The van der Waals surface area contributed by atoms with Gasteiger partial charge in [0.05, 0.1) is 10.0 Å². The molecular weight excluding hydrogens is 493 g/mol. The molecule has 1 aromatic carbocycles. The van der Waals surface area contributed by atoms with E-state index in [0.717, 1.165) is 41.9 Å². The molecule has 2 aromatic rings. The third-order valence-corrected chi connectivity index (χ3v) is 5.62. The number of benzene rings is 1. The summed E-state index contributed by atoms with van der Waals surface area (Å²) in [7, 11) is 4.13. The molecule has 0 fully saturated rings. The average Bonchev–Trinajstić information content (AvgIpc) is 2.68. The number of hydrogen-bond acceptors (Lipinski definition) is 4. The van der Waals surface area contributed by atoms with Crippen LogP contribution in [-0.2, 0) is 6.54 Å². The van der Waals surface area contributed by atoms with Crippen molar-refractivity contribution in [3.05, 3.63) is 56.6 Å². The Morgan fingerprint density at radius 3 is 2.48 bits per heavy atom. The summed E-state index contributed by atoms with van der Waals surface area (Å²) in [4.78, 5) is 8.86. The van der Waals surface area contributed by atoms with Crippen molar-refractivity contribution in [2.24, 2.45) is 0 Å². The van der Waals surface area contributed by atoms with Gasteiger partial charge in [0.1, 0.15) is 5.82 Å². The fraction of sp³-hybridized carbons (Fsp3) is 0.400. The molecule has 5 nitrogen and oxygen atoms in total. The third kappa shape index (κ3) is 9.05. The smallest absolute Gasteiger partial charge is 0.166 e. The van der Waals surface area contributed by atoms with Crippen LogP contribution in [0.1, 0.15) is 12.0 Å². The van der Waals surface area contributed by atoms with Gasteiger partial charge in [-0.1, -0.05) is 29.3 Å². The van der Waals surface area contributed by atoms with Crippen LogP contribution in [0.15, 0.2) is 41.0 Å². The first kappa shape index (κ1) is 24.2. The minimum absolute atomic E-state index is 0.550. The fourth-order valence-corrected chi connectivity index (χ4v) is 3.41. The SMILES string of the molecule is CN(C)CCCNC(=S)NCCN(Cc1ccc(Cl)c(Cl)c1)c1ccc(Br)cn1. The van der Waals surface area contributed by atoms with E-state index in [-0.39, 0.29) is 0 Å². The van der Waals surface area contributed by atoms with Crippen molar-refractivity contribution in [1.29, 1.82) is 0 Å². The number of rotatable bonds is 10. The van der Waals surface area contributed by atoms with Crippen molar-refractivity contribution in [3.8, 4) is 0 Å². The summed E-state index contributed by atoms with van der Waals surface area (Å²) in [5.74, 6) is 0.880. The monoisotopic (exact) mass is 517 g/mol. The molecule has 0 saturated carbocycles. The van der Waals surface area contributed by atoms with E-state index in [1.807, 2.05) is 30.3 Å². The lowest BCUT2D eigenvalue weighted by atomic mass is 10.2. The summed E-state index contributed by atoms with van der Waals surface area (Å²) >= 11 is 21.0. The molecule has 29 heavy (non-hydrogen) atoms. The molecule has 2 N–H and O–H groups in total. The van der Waals surface area contributed by atoms with E-state index in [0.29, 0.717) is 28.2 Å². The van der Waals surface area contributed by atoms with Gasteiger partial charge in [-0.2, -0.15) is 0 Å². The molecule has 9 heteroatoms. The van der Waals surface area contributed by atoms with E-state index in [9.17, 15) is 0 Å². The summed E-state index contributed by atoms with van der Waals surface area (Å²) in [6.07, 6.45) is 2.84. The zero-order valence-corrected chi connectivity index (χ0v) is 20.5. The van der Waals surface area contributed by atoms with E-state index >= 15 is 0 Å². The minimum atomic E-state index is 0.550. The largest absolute Gasteiger partial charge is 0.363 e. The van der Waals surface area contributed by atoms with Gasteiger partial charge in [-0.25, -0.2) is 4.98 Å². The lowest BCUT2D eigenvalue weighted by Crippen LogP contribution is -2.41. The van der Waals surface area contributed by atoms with Gasteiger partial charge in [0.15, 0.2) is 5.11 Å². The van der Waals surface area contributed by atoms with Crippen LogP contribution in [0.5, 0.6) is 0 Å². The Bertz CT molecular complexity index is 789. The summed E-state index contributed by atoms with van der Waals surface area (Å²) < 4.78 is 0.942. The number of thiocarbonyl (C=S) groups is 1. The minimum Gasteiger partial charge on any atom is -0.363 e. The molecular formula is C20H26BrCl2N5S. The molecule has 0 radical (unpaired) electrons. The maximum absolute atomic E-state index is 6.18. The summed E-state index contributed by atoms with van der Waals surface area (Å²) in [5.41, 5.74) is 1.06. The zero-order valence-electron chi connectivity index (χ0n) is 16.6. The second kappa shape index (κ2) is 12.5. The lowest BCUT2D eigenvalue weighted by molar-refractivity contribution is 0.400. The fourth-order valence-electron chi connectivity index (χ4n) is 2.65. The number of hydrogen-bond donors (Lipinski definition) is 2. The number of anilines is 1. The molecule has 0 amide bonds.